The Morgan fingerprint density at radius 3 is 2.62 bits per heavy atom. The van der Waals surface area contributed by atoms with E-state index in [4.69, 9.17) is 0 Å². The highest BCUT2D eigenvalue weighted by atomic mass is 15.1. The zero-order chi connectivity index (χ0) is 12.0. The second-order valence-electron chi connectivity index (χ2n) is 4.76. The molecule has 0 bridgehead atoms. The van der Waals surface area contributed by atoms with Crippen LogP contribution < -0.4 is 5.32 Å². The molecular weight excluding hydrogens is 198 g/mol. The first kappa shape index (κ1) is 13.2. The van der Waals surface area contributed by atoms with E-state index in [1.165, 1.54) is 30.5 Å². The first-order valence-electron chi connectivity index (χ1n) is 6.39. The van der Waals surface area contributed by atoms with Gasteiger partial charge in [-0.15, -0.1) is 0 Å². The highest BCUT2D eigenvalue weighted by Gasteiger charge is 2.10. The first-order chi connectivity index (χ1) is 7.67. The van der Waals surface area contributed by atoms with E-state index in [0.717, 1.165) is 12.5 Å². The van der Waals surface area contributed by atoms with Crippen LogP contribution in [0.15, 0.2) is 6.20 Å². The topological polar surface area (TPSA) is 40.7 Å². The molecule has 3 nitrogen and oxygen atoms in total. The fraction of sp³-hybridized carbons (Fsp3) is 0.769. The molecule has 0 fully saturated rings. The Hall–Kier alpha value is -0.830. The van der Waals surface area contributed by atoms with Crippen molar-refractivity contribution in [2.75, 3.05) is 0 Å². The molecule has 0 saturated heterocycles. The summed E-state index contributed by atoms with van der Waals surface area (Å²) >= 11 is 0. The lowest BCUT2D eigenvalue weighted by atomic mass is 9.97. The molecule has 0 aliphatic carbocycles. The van der Waals surface area contributed by atoms with E-state index in [1.54, 1.807) is 0 Å². The molecule has 1 rings (SSSR count). The van der Waals surface area contributed by atoms with Crippen LogP contribution in [0.3, 0.4) is 0 Å². The Kier molecular flexibility index (Phi) is 5.53. The van der Waals surface area contributed by atoms with Crippen molar-refractivity contribution in [3.8, 4) is 0 Å². The SMILES string of the molecule is CCC(C)CC(CC)NCc1cn[nH]c1C. The lowest BCUT2D eigenvalue weighted by Crippen LogP contribution is -2.29. The zero-order valence-electron chi connectivity index (χ0n) is 11.0. The molecule has 16 heavy (non-hydrogen) atoms. The number of hydrogen-bond donors (Lipinski definition) is 2. The minimum absolute atomic E-state index is 0.629. The number of aromatic nitrogens is 2. The monoisotopic (exact) mass is 223 g/mol. The number of rotatable bonds is 7. The van der Waals surface area contributed by atoms with Gasteiger partial charge >= 0.3 is 0 Å². The van der Waals surface area contributed by atoms with Crippen molar-refractivity contribution in [3.05, 3.63) is 17.5 Å². The normalized spacial score (nSPS) is 15.0. The molecule has 0 spiro atoms. The number of hydrogen-bond acceptors (Lipinski definition) is 2. The lowest BCUT2D eigenvalue weighted by molar-refractivity contribution is 0.384. The van der Waals surface area contributed by atoms with Crippen molar-refractivity contribution < 1.29 is 0 Å². The van der Waals surface area contributed by atoms with Crippen LogP contribution in [0.2, 0.25) is 0 Å². The highest BCUT2D eigenvalue weighted by molar-refractivity contribution is 5.13. The first-order valence-corrected chi connectivity index (χ1v) is 6.39. The summed E-state index contributed by atoms with van der Waals surface area (Å²) in [7, 11) is 0. The van der Waals surface area contributed by atoms with Gasteiger partial charge in [0.25, 0.3) is 0 Å². The van der Waals surface area contributed by atoms with Crippen LogP contribution in [0.5, 0.6) is 0 Å². The zero-order valence-corrected chi connectivity index (χ0v) is 11.0. The van der Waals surface area contributed by atoms with E-state index in [-0.39, 0.29) is 0 Å². The average molecular weight is 223 g/mol. The average Bonchev–Trinajstić information content (AvgIpc) is 2.69. The fourth-order valence-electron chi connectivity index (χ4n) is 1.85. The van der Waals surface area contributed by atoms with Crippen LogP contribution in [0, 0.1) is 12.8 Å². The Morgan fingerprint density at radius 1 is 1.38 bits per heavy atom. The summed E-state index contributed by atoms with van der Waals surface area (Å²) in [6, 6.07) is 0.629. The van der Waals surface area contributed by atoms with Crippen molar-refractivity contribution in [1.82, 2.24) is 15.5 Å². The van der Waals surface area contributed by atoms with Gasteiger partial charge in [0, 0.05) is 23.8 Å². The predicted molar refractivity (Wildman–Crippen MR) is 68.3 cm³/mol. The van der Waals surface area contributed by atoms with Crippen LogP contribution in [-0.2, 0) is 6.54 Å². The van der Waals surface area contributed by atoms with E-state index in [1.807, 2.05) is 6.20 Å². The molecule has 0 aliphatic rings. The third-order valence-corrected chi connectivity index (χ3v) is 3.39. The standard InChI is InChI=1S/C13H25N3/c1-5-10(3)7-13(6-2)14-8-12-9-15-16-11(12)4/h9-10,13-14H,5-8H2,1-4H3,(H,15,16). The molecule has 0 aliphatic heterocycles. The fourth-order valence-corrected chi connectivity index (χ4v) is 1.85. The van der Waals surface area contributed by atoms with Gasteiger partial charge in [-0.1, -0.05) is 27.2 Å². The van der Waals surface area contributed by atoms with Gasteiger partial charge in [0.15, 0.2) is 0 Å². The van der Waals surface area contributed by atoms with E-state index in [2.05, 4.69) is 43.2 Å². The number of H-pyrrole nitrogens is 1. The molecule has 1 heterocycles. The number of nitrogens with one attached hydrogen (secondary N) is 2. The second kappa shape index (κ2) is 6.69. The molecular formula is C13H25N3. The van der Waals surface area contributed by atoms with Crippen molar-refractivity contribution in [2.45, 2.75) is 59.5 Å². The largest absolute Gasteiger partial charge is 0.310 e. The third kappa shape index (κ3) is 3.97. The van der Waals surface area contributed by atoms with Crippen LogP contribution >= 0.6 is 0 Å². The molecule has 3 heteroatoms. The number of aryl methyl sites for hydroxylation is 1. The molecule has 1 aromatic heterocycles. The predicted octanol–water partition coefficient (Wildman–Crippen LogP) is 3.02. The van der Waals surface area contributed by atoms with Crippen LogP contribution in [0.4, 0.5) is 0 Å². The maximum atomic E-state index is 4.04. The Balaban J connectivity index is 2.37. The van der Waals surface area contributed by atoms with Gasteiger partial charge in [-0.05, 0) is 25.7 Å². The summed E-state index contributed by atoms with van der Waals surface area (Å²) in [4.78, 5) is 0. The van der Waals surface area contributed by atoms with Crippen molar-refractivity contribution >= 4 is 0 Å². The van der Waals surface area contributed by atoms with Crippen LogP contribution in [0.25, 0.3) is 0 Å². The molecule has 92 valence electrons. The number of nitrogens with zero attached hydrogens (tertiary/aromatic N) is 1. The maximum absolute atomic E-state index is 4.04. The lowest BCUT2D eigenvalue weighted by Gasteiger charge is -2.20. The molecule has 2 unspecified atom stereocenters. The van der Waals surface area contributed by atoms with E-state index < -0.39 is 0 Å². The van der Waals surface area contributed by atoms with Gasteiger partial charge in [0.05, 0.1) is 6.20 Å². The van der Waals surface area contributed by atoms with E-state index in [9.17, 15) is 0 Å². The minimum atomic E-state index is 0.629. The smallest absolute Gasteiger partial charge is 0.0535 e. The molecule has 2 atom stereocenters. The van der Waals surface area contributed by atoms with Gasteiger partial charge < -0.3 is 5.32 Å². The molecule has 0 saturated carbocycles. The van der Waals surface area contributed by atoms with Gasteiger partial charge in [-0.3, -0.25) is 5.10 Å². The molecule has 1 aromatic rings. The van der Waals surface area contributed by atoms with Gasteiger partial charge in [-0.25, -0.2) is 0 Å². The van der Waals surface area contributed by atoms with E-state index >= 15 is 0 Å². The maximum Gasteiger partial charge on any atom is 0.0535 e. The molecule has 0 aromatic carbocycles. The van der Waals surface area contributed by atoms with Gasteiger partial charge in [0.2, 0.25) is 0 Å². The summed E-state index contributed by atoms with van der Waals surface area (Å²) in [5.74, 6) is 0.808. The van der Waals surface area contributed by atoms with Crippen LogP contribution in [-0.4, -0.2) is 16.2 Å². The Bertz CT molecular complexity index is 293. The third-order valence-electron chi connectivity index (χ3n) is 3.39. The summed E-state index contributed by atoms with van der Waals surface area (Å²) in [6.07, 6.45) is 5.65. The summed E-state index contributed by atoms with van der Waals surface area (Å²) in [5, 5.41) is 10.6. The quantitative estimate of drug-likeness (QED) is 0.746. The molecule has 0 amide bonds. The minimum Gasteiger partial charge on any atom is -0.310 e. The highest BCUT2D eigenvalue weighted by Crippen LogP contribution is 2.13. The Labute approximate surface area is 99.0 Å². The second-order valence-corrected chi connectivity index (χ2v) is 4.76. The van der Waals surface area contributed by atoms with Crippen LogP contribution in [0.1, 0.15) is 51.3 Å². The van der Waals surface area contributed by atoms with Crippen molar-refractivity contribution in [2.24, 2.45) is 5.92 Å². The number of aromatic amines is 1. The van der Waals surface area contributed by atoms with Crippen molar-refractivity contribution in [1.29, 1.82) is 0 Å². The molecule has 0 radical (unpaired) electrons. The van der Waals surface area contributed by atoms with Crippen molar-refractivity contribution in [3.63, 3.8) is 0 Å². The molecule has 2 N–H and O–H groups in total. The summed E-state index contributed by atoms with van der Waals surface area (Å²) < 4.78 is 0. The van der Waals surface area contributed by atoms with Gasteiger partial charge in [-0.2, -0.15) is 5.10 Å². The summed E-state index contributed by atoms with van der Waals surface area (Å²) in [6.45, 7) is 9.84. The van der Waals surface area contributed by atoms with Gasteiger partial charge in [0.1, 0.15) is 0 Å². The Morgan fingerprint density at radius 2 is 2.12 bits per heavy atom. The van der Waals surface area contributed by atoms with E-state index in [0.29, 0.717) is 6.04 Å². The summed E-state index contributed by atoms with van der Waals surface area (Å²) in [5.41, 5.74) is 2.45.